The molecule has 0 amide bonds. The van der Waals surface area contributed by atoms with Gasteiger partial charge in [0, 0.05) is 32.2 Å². The van der Waals surface area contributed by atoms with Crippen LogP contribution in [0.25, 0.3) is 11.0 Å². The van der Waals surface area contributed by atoms with Gasteiger partial charge in [0.25, 0.3) is 0 Å². The molecule has 1 aromatic carbocycles. The molecule has 7 heteroatoms. The molecule has 21 heavy (non-hydrogen) atoms. The molecule has 0 bridgehead atoms. The van der Waals surface area contributed by atoms with E-state index < -0.39 is 0 Å². The first-order valence-electron chi connectivity index (χ1n) is 6.68. The van der Waals surface area contributed by atoms with Crippen molar-refractivity contribution in [2.24, 2.45) is 0 Å². The molecule has 110 valence electrons. The Balaban J connectivity index is 1.96. The molecule has 3 aromatic rings. The largest absolute Gasteiger partial charge is 0.340 e. The fraction of sp³-hybridized carbons (Fsp3) is 0.357. The van der Waals surface area contributed by atoms with Crippen LogP contribution in [0.4, 0.5) is 0 Å². The number of halogens is 2. The highest BCUT2D eigenvalue weighted by atomic mass is 35.5. The zero-order valence-corrected chi connectivity index (χ0v) is 13.0. The smallest absolute Gasteiger partial charge is 0.223 e. The SMILES string of the molecule is Cc1nc(CCn2c(CCCl)nc3cccc(Cl)c32)no1. The van der Waals surface area contributed by atoms with E-state index in [-0.39, 0.29) is 0 Å². The van der Waals surface area contributed by atoms with Crippen LogP contribution in [0.15, 0.2) is 22.7 Å². The molecule has 2 heterocycles. The molecular formula is C14H14Cl2N4O. The maximum atomic E-state index is 6.32. The normalized spacial score (nSPS) is 11.4. The number of imidazole rings is 1. The number of rotatable bonds is 5. The van der Waals surface area contributed by atoms with E-state index in [0.29, 0.717) is 42.0 Å². The number of hydrogen-bond donors (Lipinski definition) is 0. The summed E-state index contributed by atoms with van der Waals surface area (Å²) in [5, 5.41) is 4.60. The van der Waals surface area contributed by atoms with Crippen molar-refractivity contribution in [2.45, 2.75) is 26.3 Å². The summed E-state index contributed by atoms with van der Waals surface area (Å²) in [6.07, 6.45) is 1.35. The van der Waals surface area contributed by atoms with Gasteiger partial charge < -0.3 is 9.09 Å². The lowest BCUT2D eigenvalue weighted by molar-refractivity contribution is 0.386. The Morgan fingerprint density at radius 2 is 2.10 bits per heavy atom. The molecule has 0 fully saturated rings. The van der Waals surface area contributed by atoms with Crippen molar-refractivity contribution in [3.63, 3.8) is 0 Å². The van der Waals surface area contributed by atoms with E-state index in [0.717, 1.165) is 16.9 Å². The summed E-state index contributed by atoms with van der Waals surface area (Å²) >= 11 is 12.2. The molecule has 0 N–H and O–H groups in total. The Morgan fingerprint density at radius 1 is 1.24 bits per heavy atom. The van der Waals surface area contributed by atoms with Gasteiger partial charge in [-0.2, -0.15) is 4.98 Å². The third-order valence-electron chi connectivity index (χ3n) is 3.24. The van der Waals surface area contributed by atoms with Gasteiger partial charge >= 0.3 is 0 Å². The Labute approximate surface area is 131 Å². The van der Waals surface area contributed by atoms with E-state index in [2.05, 4.69) is 19.7 Å². The Hall–Kier alpha value is -1.59. The standard InChI is InChI=1S/C14H14Cl2N4O/c1-9-17-12(19-21-9)6-8-20-13(5-7-15)18-11-4-2-3-10(16)14(11)20/h2-4H,5-8H2,1H3. The van der Waals surface area contributed by atoms with E-state index in [1.165, 1.54) is 0 Å². The molecule has 0 radical (unpaired) electrons. The molecule has 5 nitrogen and oxygen atoms in total. The lowest BCUT2D eigenvalue weighted by atomic mass is 10.3. The first-order chi connectivity index (χ1) is 10.2. The van der Waals surface area contributed by atoms with Crippen LogP contribution in [0.1, 0.15) is 17.5 Å². The molecule has 0 aliphatic heterocycles. The summed E-state index contributed by atoms with van der Waals surface area (Å²) in [5.41, 5.74) is 1.81. The summed E-state index contributed by atoms with van der Waals surface area (Å²) in [5.74, 6) is 2.69. The minimum atomic E-state index is 0.516. The van der Waals surface area contributed by atoms with Crippen molar-refractivity contribution in [3.05, 3.63) is 40.8 Å². The van der Waals surface area contributed by atoms with E-state index in [9.17, 15) is 0 Å². The summed E-state index contributed by atoms with van der Waals surface area (Å²) in [6, 6.07) is 5.72. The zero-order chi connectivity index (χ0) is 14.8. The maximum Gasteiger partial charge on any atom is 0.223 e. The third kappa shape index (κ3) is 2.89. The van der Waals surface area contributed by atoms with Gasteiger partial charge in [-0.05, 0) is 12.1 Å². The Bertz CT molecular complexity index is 766. The molecule has 3 rings (SSSR count). The van der Waals surface area contributed by atoms with Crippen LogP contribution in [0.5, 0.6) is 0 Å². The predicted octanol–water partition coefficient (Wildman–Crippen LogP) is 3.41. The van der Waals surface area contributed by atoms with Crippen molar-refractivity contribution < 1.29 is 4.52 Å². The van der Waals surface area contributed by atoms with Crippen LogP contribution in [0.2, 0.25) is 5.02 Å². The number of hydrogen-bond acceptors (Lipinski definition) is 4. The van der Waals surface area contributed by atoms with Crippen LogP contribution in [-0.2, 0) is 19.4 Å². The lowest BCUT2D eigenvalue weighted by Gasteiger charge is -2.07. The lowest BCUT2D eigenvalue weighted by Crippen LogP contribution is -2.08. The van der Waals surface area contributed by atoms with E-state index >= 15 is 0 Å². The van der Waals surface area contributed by atoms with Gasteiger partial charge in [0.1, 0.15) is 5.82 Å². The van der Waals surface area contributed by atoms with Crippen LogP contribution < -0.4 is 0 Å². The Morgan fingerprint density at radius 3 is 2.81 bits per heavy atom. The average molecular weight is 325 g/mol. The van der Waals surface area contributed by atoms with Crippen molar-refractivity contribution in [2.75, 3.05) is 5.88 Å². The maximum absolute atomic E-state index is 6.32. The van der Waals surface area contributed by atoms with Gasteiger partial charge in [0.2, 0.25) is 5.89 Å². The second-order valence-corrected chi connectivity index (χ2v) is 5.49. The minimum Gasteiger partial charge on any atom is -0.340 e. The first-order valence-corrected chi connectivity index (χ1v) is 7.59. The first kappa shape index (κ1) is 14.4. The van der Waals surface area contributed by atoms with Crippen LogP contribution in [0, 0.1) is 6.92 Å². The Kier molecular flexibility index (Phi) is 4.12. The highest BCUT2D eigenvalue weighted by Gasteiger charge is 2.14. The van der Waals surface area contributed by atoms with Crippen molar-refractivity contribution in [1.82, 2.24) is 19.7 Å². The minimum absolute atomic E-state index is 0.516. The summed E-state index contributed by atoms with van der Waals surface area (Å²) in [6.45, 7) is 2.46. The molecule has 0 spiro atoms. The van der Waals surface area contributed by atoms with Gasteiger partial charge in [0.15, 0.2) is 5.82 Å². The topological polar surface area (TPSA) is 56.7 Å². The number of nitrogens with zero attached hydrogens (tertiary/aromatic N) is 4. The quantitative estimate of drug-likeness (QED) is 0.675. The number of alkyl halides is 1. The second-order valence-electron chi connectivity index (χ2n) is 4.71. The summed E-state index contributed by atoms with van der Waals surface area (Å²) in [4.78, 5) is 8.83. The average Bonchev–Trinajstić information content (AvgIpc) is 3.01. The van der Waals surface area contributed by atoms with E-state index in [1.54, 1.807) is 6.92 Å². The number of para-hydroxylation sites is 1. The van der Waals surface area contributed by atoms with E-state index in [1.807, 2.05) is 18.2 Å². The fourth-order valence-corrected chi connectivity index (χ4v) is 2.80. The van der Waals surface area contributed by atoms with Crippen molar-refractivity contribution in [3.8, 4) is 0 Å². The molecule has 0 saturated heterocycles. The van der Waals surface area contributed by atoms with Crippen molar-refractivity contribution >= 4 is 34.2 Å². The van der Waals surface area contributed by atoms with Crippen molar-refractivity contribution in [1.29, 1.82) is 0 Å². The fourth-order valence-electron chi connectivity index (χ4n) is 2.36. The van der Waals surface area contributed by atoms with Crippen LogP contribution in [0.3, 0.4) is 0 Å². The summed E-state index contributed by atoms with van der Waals surface area (Å²) < 4.78 is 7.08. The number of aryl methyl sites for hydroxylation is 4. The molecule has 0 unspecified atom stereocenters. The number of benzene rings is 1. The third-order valence-corrected chi connectivity index (χ3v) is 3.74. The molecule has 0 atom stereocenters. The zero-order valence-electron chi connectivity index (χ0n) is 11.5. The number of fused-ring (bicyclic) bond motifs is 1. The highest BCUT2D eigenvalue weighted by Crippen LogP contribution is 2.25. The monoisotopic (exact) mass is 324 g/mol. The molecule has 0 aliphatic rings. The molecule has 0 aliphatic carbocycles. The van der Waals surface area contributed by atoms with Gasteiger partial charge in [0.05, 0.1) is 16.1 Å². The van der Waals surface area contributed by atoms with Gasteiger partial charge in [-0.25, -0.2) is 4.98 Å². The number of aromatic nitrogens is 4. The highest BCUT2D eigenvalue weighted by molar-refractivity contribution is 6.35. The molecule has 2 aromatic heterocycles. The van der Waals surface area contributed by atoms with Crippen LogP contribution >= 0.6 is 23.2 Å². The molecule has 0 saturated carbocycles. The van der Waals surface area contributed by atoms with Gasteiger partial charge in [-0.1, -0.05) is 22.8 Å². The van der Waals surface area contributed by atoms with Gasteiger partial charge in [-0.15, -0.1) is 11.6 Å². The van der Waals surface area contributed by atoms with Gasteiger partial charge in [-0.3, -0.25) is 0 Å². The summed E-state index contributed by atoms with van der Waals surface area (Å²) in [7, 11) is 0. The second kappa shape index (κ2) is 6.03. The van der Waals surface area contributed by atoms with E-state index in [4.69, 9.17) is 27.7 Å². The predicted molar refractivity (Wildman–Crippen MR) is 81.9 cm³/mol. The molecular weight excluding hydrogens is 311 g/mol. The van der Waals surface area contributed by atoms with Crippen LogP contribution in [-0.4, -0.2) is 25.6 Å².